The summed E-state index contributed by atoms with van der Waals surface area (Å²) in [6, 6.07) is 2.21. The monoisotopic (exact) mass is 320 g/mol. The van der Waals surface area contributed by atoms with E-state index in [4.69, 9.17) is 0 Å². The lowest BCUT2D eigenvalue weighted by Crippen LogP contribution is -2.00. The van der Waals surface area contributed by atoms with E-state index in [-0.39, 0.29) is 0 Å². The van der Waals surface area contributed by atoms with Crippen LogP contribution in [0.2, 0.25) is 0 Å². The third-order valence-corrected chi connectivity index (χ3v) is 5.13. The zero-order valence-corrected chi connectivity index (χ0v) is 15.4. The molecule has 0 spiro atoms. The van der Waals surface area contributed by atoms with Gasteiger partial charge >= 0.3 is 0 Å². The van der Waals surface area contributed by atoms with Crippen molar-refractivity contribution < 1.29 is 0 Å². The van der Waals surface area contributed by atoms with Crippen LogP contribution in [0.25, 0.3) is 0 Å². The average Bonchev–Trinajstić information content (AvgIpc) is 3.12. The van der Waals surface area contributed by atoms with Gasteiger partial charge in [-0.3, -0.25) is 5.10 Å². The summed E-state index contributed by atoms with van der Waals surface area (Å²) in [5.41, 5.74) is 2.40. The van der Waals surface area contributed by atoms with Gasteiger partial charge in [0.2, 0.25) is 0 Å². The number of hydrogen-bond donors (Lipinski definition) is 1. The molecule has 2 aromatic heterocycles. The molecular weight excluding hydrogens is 292 g/mol. The normalized spacial score (nSPS) is 14.7. The molecule has 0 fully saturated rings. The second kappa shape index (κ2) is 7.36. The molecule has 4 nitrogen and oxygen atoms in total. The fourth-order valence-electron chi connectivity index (χ4n) is 2.36. The topological polar surface area (TPSA) is 54.5 Å². The van der Waals surface area contributed by atoms with Crippen molar-refractivity contribution in [2.45, 2.75) is 78.1 Å². The van der Waals surface area contributed by atoms with Crippen molar-refractivity contribution in [2.75, 3.05) is 0 Å². The number of hydrogen-bond acceptors (Lipinski definition) is 4. The van der Waals surface area contributed by atoms with Gasteiger partial charge in [-0.15, -0.1) is 0 Å². The number of aromatic nitrogens is 4. The first-order valence-corrected chi connectivity index (χ1v) is 9.04. The smallest absolute Gasteiger partial charge is 0.145 e. The van der Waals surface area contributed by atoms with Gasteiger partial charge in [0.05, 0.1) is 5.69 Å². The van der Waals surface area contributed by atoms with Gasteiger partial charge in [0.1, 0.15) is 10.8 Å². The first-order valence-electron chi connectivity index (χ1n) is 8.27. The van der Waals surface area contributed by atoms with Crippen molar-refractivity contribution in [3.8, 4) is 0 Å². The largest absolute Gasteiger partial charge is 0.282 e. The van der Waals surface area contributed by atoms with Gasteiger partial charge in [0.25, 0.3) is 0 Å². The molecule has 2 unspecified atom stereocenters. The van der Waals surface area contributed by atoms with E-state index in [1.54, 1.807) is 11.5 Å². The van der Waals surface area contributed by atoms with E-state index in [1.165, 1.54) is 10.7 Å². The molecular formula is C17H28N4S. The van der Waals surface area contributed by atoms with Gasteiger partial charge in [-0.25, -0.2) is 4.98 Å². The molecule has 2 heterocycles. The Morgan fingerprint density at radius 1 is 1.00 bits per heavy atom. The van der Waals surface area contributed by atoms with Crippen LogP contribution in [0, 0.1) is 0 Å². The summed E-state index contributed by atoms with van der Waals surface area (Å²) in [5, 5.41) is 8.76. The highest BCUT2D eigenvalue weighted by Gasteiger charge is 2.17. The SMILES string of the molecule is CC(C)c1cc(C(C)CCC(C)c2nc(C(C)C)ns2)[nH]n1. The van der Waals surface area contributed by atoms with Crippen LogP contribution in [0.15, 0.2) is 6.07 Å². The Morgan fingerprint density at radius 2 is 1.68 bits per heavy atom. The van der Waals surface area contributed by atoms with Gasteiger partial charge in [0.15, 0.2) is 0 Å². The summed E-state index contributed by atoms with van der Waals surface area (Å²) in [6.07, 6.45) is 2.27. The predicted molar refractivity (Wildman–Crippen MR) is 92.7 cm³/mol. The number of rotatable bonds is 7. The van der Waals surface area contributed by atoms with Crippen molar-refractivity contribution in [1.82, 2.24) is 19.6 Å². The van der Waals surface area contributed by atoms with Gasteiger partial charge in [-0.1, -0.05) is 41.5 Å². The maximum atomic E-state index is 4.67. The lowest BCUT2D eigenvalue weighted by Gasteiger charge is -2.12. The van der Waals surface area contributed by atoms with E-state index >= 15 is 0 Å². The zero-order chi connectivity index (χ0) is 16.3. The van der Waals surface area contributed by atoms with Crippen LogP contribution in [-0.4, -0.2) is 19.6 Å². The maximum absolute atomic E-state index is 4.67. The first-order chi connectivity index (χ1) is 10.4. The summed E-state index contributed by atoms with van der Waals surface area (Å²) in [6.45, 7) is 13.2. The highest BCUT2D eigenvalue weighted by molar-refractivity contribution is 7.05. The zero-order valence-electron chi connectivity index (χ0n) is 14.6. The molecule has 0 aliphatic rings. The molecule has 1 N–H and O–H groups in total. The molecule has 0 amide bonds. The highest BCUT2D eigenvalue weighted by Crippen LogP contribution is 2.29. The highest BCUT2D eigenvalue weighted by atomic mass is 32.1. The number of nitrogens with zero attached hydrogens (tertiary/aromatic N) is 3. The van der Waals surface area contributed by atoms with Gasteiger partial charge < -0.3 is 0 Å². The van der Waals surface area contributed by atoms with E-state index < -0.39 is 0 Å². The fourth-order valence-corrected chi connectivity index (χ4v) is 3.23. The molecule has 22 heavy (non-hydrogen) atoms. The van der Waals surface area contributed by atoms with E-state index in [0.717, 1.165) is 24.4 Å². The molecule has 0 bridgehead atoms. The fraction of sp³-hybridized carbons (Fsp3) is 0.706. The Kier molecular flexibility index (Phi) is 5.73. The Hall–Kier alpha value is -1.23. The molecule has 0 saturated carbocycles. The first kappa shape index (κ1) is 17.1. The minimum absolute atomic E-state index is 0.413. The number of nitrogens with one attached hydrogen (secondary N) is 1. The average molecular weight is 321 g/mol. The van der Waals surface area contributed by atoms with Crippen LogP contribution in [0.5, 0.6) is 0 Å². The third kappa shape index (κ3) is 4.15. The lowest BCUT2D eigenvalue weighted by molar-refractivity contribution is 0.561. The lowest BCUT2D eigenvalue weighted by atomic mass is 9.95. The van der Waals surface area contributed by atoms with Crippen LogP contribution in [0.4, 0.5) is 0 Å². The molecule has 0 radical (unpaired) electrons. The molecule has 2 rings (SSSR count). The molecule has 0 saturated heterocycles. The van der Waals surface area contributed by atoms with Crippen molar-refractivity contribution in [1.29, 1.82) is 0 Å². The number of aromatic amines is 1. The van der Waals surface area contributed by atoms with Gasteiger partial charge in [-0.05, 0) is 42.3 Å². The minimum atomic E-state index is 0.413. The molecule has 0 aliphatic carbocycles. The van der Waals surface area contributed by atoms with Crippen LogP contribution >= 0.6 is 11.5 Å². The number of H-pyrrole nitrogens is 1. The molecule has 122 valence electrons. The standard InChI is InChI=1S/C17H28N4S/c1-10(2)14-9-15(20-19-14)12(5)7-8-13(6)17-18-16(11(3)4)21-22-17/h9-13H,7-8H2,1-6H3,(H,19,20). The van der Waals surface area contributed by atoms with E-state index in [9.17, 15) is 0 Å². The summed E-state index contributed by atoms with van der Waals surface area (Å²) in [4.78, 5) is 4.67. The van der Waals surface area contributed by atoms with Crippen molar-refractivity contribution in [2.24, 2.45) is 0 Å². The maximum Gasteiger partial charge on any atom is 0.145 e. The van der Waals surface area contributed by atoms with E-state index in [0.29, 0.717) is 23.7 Å². The summed E-state index contributed by atoms with van der Waals surface area (Å²) in [7, 11) is 0. The minimum Gasteiger partial charge on any atom is -0.282 e. The van der Waals surface area contributed by atoms with E-state index in [1.807, 2.05) is 0 Å². The quantitative estimate of drug-likeness (QED) is 0.763. The second-order valence-electron chi connectivity index (χ2n) is 6.93. The molecule has 5 heteroatoms. The Morgan fingerprint density at radius 3 is 2.23 bits per heavy atom. The third-order valence-electron chi connectivity index (χ3n) is 4.17. The van der Waals surface area contributed by atoms with Crippen LogP contribution in [0.1, 0.15) is 100 Å². The summed E-state index contributed by atoms with van der Waals surface area (Å²) in [5.74, 6) is 2.84. The Balaban J connectivity index is 1.90. The van der Waals surface area contributed by atoms with Crippen LogP contribution in [-0.2, 0) is 0 Å². The summed E-state index contributed by atoms with van der Waals surface area (Å²) >= 11 is 1.56. The Labute approximate surface area is 137 Å². The van der Waals surface area contributed by atoms with Crippen LogP contribution < -0.4 is 0 Å². The van der Waals surface area contributed by atoms with Crippen LogP contribution in [0.3, 0.4) is 0 Å². The van der Waals surface area contributed by atoms with Gasteiger partial charge in [-0.2, -0.15) is 9.47 Å². The molecule has 2 atom stereocenters. The second-order valence-corrected chi connectivity index (χ2v) is 7.71. The molecule has 2 aromatic rings. The van der Waals surface area contributed by atoms with Crippen molar-refractivity contribution in [3.05, 3.63) is 28.3 Å². The van der Waals surface area contributed by atoms with E-state index in [2.05, 4.69) is 67.2 Å². The molecule has 0 aliphatic heterocycles. The predicted octanol–water partition coefficient (Wildman–Crippen LogP) is 5.20. The van der Waals surface area contributed by atoms with Crippen molar-refractivity contribution >= 4 is 11.5 Å². The van der Waals surface area contributed by atoms with Crippen molar-refractivity contribution in [3.63, 3.8) is 0 Å². The van der Waals surface area contributed by atoms with Gasteiger partial charge in [0, 0.05) is 17.5 Å². The Bertz CT molecular complexity index is 533. The summed E-state index contributed by atoms with van der Waals surface area (Å²) < 4.78 is 4.46. The molecule has 0 aromatic carbocycles.